The summed E-state index contributed by atoms with van der Waals surface area (Å²) in [6.45, 7) is 8.33. The van der Waals surface area contributed by atoms with Crippen molar-refractivity contribution in [1.29, 1.82) is 0 Å². The first-order chi connectivity index (χ1) is 10.1. The molecule has 1 aliphatic heterocycles. The lowest BCUT2D eigenvalue weighted by atomic mass is 10.1. The quantitative estimate of drug-likeness (QED) is 0.845. The van der Waals surface area contributed by atoms with E-state index in [0.29, 0.717) is 12.1 Å². The number of amides is 1. The topological polar surface area (TPSA) is 44.4 Å². The Morgan fingerprint density at radius 2 is 2.05 bits per heavy atom. The molecule has 0 aliphatic carbocycles. The van der Waals surface area contributed by atoms with Crippen molar-refractivity contribution in [2.45, 2.75) is 51.7 Å². The Kier molecular flexibility index (Phi) is 5.76. The second kappa shape index (κ2) is 7.57. The molecule has 0 spiro atoms. The normalized spacial score (nSPS) is 20.0. The van der Waals surface area contributed by atoms with Gasteiger partial charge < -0.3 is 10.6 Å². The molecule has 2 N–H and O–H groups in total. The van der Waals surface area contributed by atoms with E-state index in [1.54, 1.807) is 0 Å². The van der Waals surface area contributed by atoms with Crippen LogP contribution in [0.5, 0.6) is 0 Å². The van der Waals surface area contributed by atoms with Crippen LogP contribution in [0.1, 0.15) is 33.6 Å². The molecule has 2 rings (SSSR count). The third kappa shape index (κ3) is 4.55. The number of nitrogens with zero attached hydrogens (tertiary/aromatic N) is 1. The van der Waals surface area contributed by atoms with Crippen LogP contribution in [0.25, 0.3) is 0 Å². The van der Waals surface area contributed by atoms with Gasteiger partial charge in [-0.05, 0) is 52.3 Å². The molecule has 116 valence electrons. The largest absolute Gasteiger partial charge is 0.325 e. The molecule has 4 heteroatoms. The summed E-state index contributed by atoms with van der Waals surface area (Å²) in [5.41, 5.74) is 0.858. The zero-order valence-electron chi connectivity index (χ0n) is 13.3. The number of carbonyl (C=O) groups excluding carboxylic acids is 1. The zero-order valence-corrected chi connectivity index (χ0v) is 13.3. The molecule has 0 radical (unpaired) electrons. The van der Waals surface area contributed by atoms with E-state index < -0.39 is 0 Å². The average Bonchev–Trinajstić information content (AvgIpc) is 2.98. The molecule has 1 aromatic carbocycles. The predicted molar refractivity (Wildman–Crippen MR) is 87.4 cm³/mol. The van der Waals surface area contributed by atoms with Crippen LogP contribution in [-0.2, 0) is 4.79 Å². The van der Waals surface area contributed by atoms with Gasteiger partial charge in [0.1, 0.15) is 0 Å². The van der Waals surface area contributed by atoms with Crippen molar-refractivity contribution in [3.63, 3.8) is 0 Å². The number of para-hydroxylation sites is 1. The fourth-order valence-electron chi connectivity index (χ4n) is 2.90. The molecule has 4 nitrogen and oxygen atoms in total. The third-order valence-corrected chi connectivity index (χ3v) is 4.18. The Balaban J connectivity index is 1.96. The van der Waals surface area contributed by atoms with Crippen molar-refractivity contribution in [1.82, 2.24) is 10.2 Å². The van der Waals surface area contributed by atoms with Crippen LogP contribution in [0.4, 0.5) is 5.69 Å². The van der Waals surface area contributed by atoms with E-state index in [9.17, 15) is 4.79 Å². The van der Waals surface area contributed by atoms with E-state index in [0.717, 1.165) is 18.8 Å². The Hall–Kier alpha value is -1.39. The highest BCUT2D eigenvalue weighted by molar-refractivity contribution is 5.94. The number of hydrogen-bond donors (Lipinski definition) is 2. The van der Waals surface area contributed by atoms with Crippen molar-refractivity contribution in [2.75, 3.05) is 18.4 Å². The Bertz CT molecular complexity index is 441. The summed E-state index contributed by atoms with van der Waals surface area (Å²) in [5, 5.41) is 6.51. The van der Waals surface area contributed by atoms with Gasteiger partial charge in [0.15, 0.2) is 0 Å². The van der Waals surface area contributed by atoms with Gasteiger partial charge in [-0.1, -0.05) is 18.2 Å². The maximum atomic E-state index is 12.5. The molecule has 1 fully saturated rings. The lowest BCUT2D eigenvalue weighted by Gasteiger charge is -2.34. The second-order valence-corrected chi connectivity index (χ2v) is 6.12. The lowest BCUT2D eigenvalue weighted by Crippen LogP contribution is -2.50. The van der Waals surface area contributed by atoms with Crippen LogP contribution in [-0.4, -0.2) is 42.0 Å². The van der Waals surface area contributed by atoms with Crippen molar-refractivity contribution in [3.8, 4) is 0 Å². The molecular weight excluding hydrogens is 262 g/mol. The minimum absolute atomic E-state index is 0.0629. The summed E-state index contributed by atoms with van der Waals surface area (Å²) < 4.78 is 0. The van der Waals surface area contributed by atoms with Crippen LogP contribution in [0, 0.1) is 0 Å². The summed E-state index contributed by atoms with van der Waals surface area (Å²) in [5.74, 6) is 0.0629. The SMILES string of the molecule is CC(C)N(CC1CCCN1)C(C)C(=O)Nc1ccccc1. The summed E-state index contributed by atoms with van der Waals surface area (Å²) in [4.78, 5) is 14.7. The van der Waals surface area contributed by atoms with Crippen LogP contribution in [0.3, 0.4) is 0 Å². The minimum Gasteiger partial charge on any atom is -0.325 e. The third-order valence-electron chi connectivity index (χ3n) is 4.18. The van der Waals surface area contributed by atoms with Gasteiger partial charge in [-0.3, -0.25) is 9.69 Å². The van der Waals surface area contributed by atoms with Crippen LogP contribution >= 0.6 is 0 Å². The van der Waals surface area contributed by atoms with Crippen molar-refractivity contribution in [3.05, 3.63) is 30.3 Å². The number of benzene rings is 1. The van der Waals surface area contributed by atoms with Gasteiger partial charge in [0.25, 0.3) is 0 Å². The van der Waals surface area contributed by atoms with Gasteiger partial charge >= 0.3 is 0 Å². The van der Waals surface area contributed by atoms with E-state index >= 15 is 0 Å². The van der Waals surface area contributed by atoms with Crippen molar-refractivity contribution < 1.29 is 4.79 Å². The van der Waals surface area contributed by atoms with Gasteiger partial charge in [0, 0.05) is 24.3 Å². The standard InChI is InChI=1S/C17H27N3O/c1-13(2)20(12-16-10-7-11-18-16)14(3)17(21)19-15-8-5-4-6-9-15/h4-6,8-9,13-14,16,18H,7,10-12H2,1-3H3,(H,19,21). The van der Waals surface area contributed by atoms with E-state index in [4.69, 9.17) is 0 Å². The van der Waals surface area contributed by atoms with Crippen LogP contribution in [0.15, 0.2) is 30.3 Å². The highest BCUT2D eigenvalue weighted by Crippen LogP contribution is 2.14. The summed E-state index contributed by atoms with van der Waals surface area (Å²) in [7, 11) is 0. The molecule has 0 bridgehead atoms. The minimum atomic E-state index is -0.132. The maximum Gasteiger partial charge on any atom is 0.241 e. The molecule has 1 saturated heterocycles. The number of carbonyl (C=O) groups is 1. The highest BCUT2D eigenvalue weighted by Gasteiger charge is 2.27. The summed E-state index contributed by atoms with van der Waals surface area (Å²) >= 11 is 0. The molecule has 2 unspecified atom stereocenters. The first kappa shape index (κ1) is 16.0. The Morgan fingerprint density at radius 3 is 2.62 bits per heavy atom. The smallest absolute Gasteiger partial charge is 0.241 e. The number of rotatable bonds is 6. The average molecular weight is 289 g/mol. The van der Waals surface area contributed by atoms with Gasteiger partial charge in [0.05, 0.1) is 6.04 Å². The Labute approximate surface area is 127 Å². The van der Waals surface area contributed by atoms with Gasteiger partial charge in [-0.2, -0.15) is 0 Å². The first-order valence-electron chi connectivity index (χ1n) is 7.93. The second-order valence-electron chi connectivity index (χ2n) is 6.12. The lowest BCUT2D eigenvalue weighted by molar-refractivity contribution is -0.121. The number of hydrogen-bond acceptors (Lipinski definition) is 3. The number of anilines is 1. The molecule has 1 heterocycles. The molecule has 2 atom stereocenters. The molecule has 0 aromatic heterocycles. The van der Waals surface area contributed by atoms with Gasteiger partial charge in [-0.25, -0.2) is 0 Å². The molecule has 21 heavy (non-hydrogen) atoms. The predicted octanol–water partition coefficient (Wildman–Crippen LogP) is 2.48. The molecule has 1 aromatic rings. The Morgan fingerprint density at radius 1 is 1.33 bits per heavy atom. The molecular formula is C17H27N3O. The molecule has 1 amide bonds. The number of nitrogens with one attached hydrogen (secondary N) is 2. The van der Waals surface area contributed by atoms with E-state index in [1.807, 2.05) is 37.3 Å². The van der Waals surface area contributed by atoms with Crippen LogP contribution in [0.2, 0.25) is 0 Å². The summed E-state index contributed by atoms with van der Waals surface area (Å²) in [6, 6.07) is 10.4. The van der Waals surface area contributed by atoms with Crippen molar-refractivity contribution >= 4 is 11.6 Å². The highest BCUT2D eigenvalue weighted by atomic mass is 16.2. The fraction of sp³-hybridized carbons (Fsp3) is 0.588. The summed E-state index contributed by atoms with van der Waals surface area (Å²) in [6.07, 6.45) is 2.44. The monoisotopic (exact) mass is 289 g/mol. The zero-order chi connectivity index (χ0) is 15.2. The maximum absolute atomic E-state index is 12.5. The van der Waals surface area contributed by atoms with E-state index in [-0.39, 0.29) is 11.9 Å². The molecule has 0 saturated carbocycles. The van der Waals surface area contributed by atoms with Gasteiger partial charge in [-0.15, -0.1) is 0 Å². The fourth-order valence-corrected chi connectivity index (χ4v) is 2.90. The van der Waals surface area contributed by atoms with Crippen molar-refractivity contribution in [2.24, 2.45) is 0 Å². The van der Waals surface area contributed by atoms with Crippen LogP contribution < -0.4 is 10.6 Å². The first-order valence-corrected chi connectivity index (χ1v) is 7.93. The van der Waals surface area contributed by atoms with Gasteiger partial charge in [0.2, 0.25) is 5.91 Å². The van der Waals surface area contributed by atoms with E-state index in [1.165, 1.54) is 12.8 Å². The van der Waals surface area contributed by atoms with E-state index in [2.05, 4.69) is 29.4 Å². The molecule has 1 aliphatic rings.